The van der Waals surface area contributed by atoms with E-state index in [9.17, 15) is 0 Å². The zero-order valence-corrected chi connectivity index (χ0v) is 18.0. The topological polar surface area (TPSA) is 62.5 Å². The first kappa shape index (κ1) is 21.8. The van der Waals surface area contributed by atoms with Crippen LogP contribution in [0.1, 0.15) is 43.2 Å². The lowest BCUT2D eigenvalue weighted by atomic mass is 10.1. The van der Waals surface area contributed by atoms with Crippen molar-refractivity contribution in [3.05, 3.63) is 52.4 Å². The van der Waals surface area contributed by atoms with Crippen molar-refractivity contribution in [3.63, 3.8) is 0 Å². The van der Waals surface area contributed by atoms with Crippen LogP contribution in [0.3, 0.4) is 0 Å². The number of nitrogens with one attached hydrogen (secondary N) is 2. The molecule has 0 amide bonds. The highest BCUT2D eigenvalue weighted by atomic mass is 127. The molecule has 0 spiro atoms. The summed E-state index contributed by atoms with van der Waals surface area (Å²) in [5.74, 6) is 1.93. The Labute approximate surface area is 171 Å². The second-order valence-corrected chi connectivity index (χ2v) is 6.39. The molecule has 0 saturated heterocycles. The Hall–Kier alpha value is -1.28. The molecule has 0 aliphatic carbocycles. The van der Waals surface area contributed by atoms with Crippen molar-refractivity contribution in [3.8, 4) is 0 Å². The minimum absolute atomic E-state index is 0. The van der Waals surface area contributed by atoms with Gasteiger partial charge in [0.15, 0.2) is 11.7 Å². The van der Waals surface area contributed by atoms with Gasteiger partial charge in [0.2, 0.25) is 0 Å². The number of guanidine groups is 1. The van der Waals surface area contributed by atoms with Gasteiger partial charge in [-0.1, -0.05) is 42.7 Å². The van der Waals surface area contributed by atoms with E-state index in [-0.39, 0.29) is 24.0 Å². The molecule has 5 nitrogen and oxygen atoms in total. The molecule has 0 aliphatic rings. The molecule has 0 radical (unpaired) electrons. The molecule has 0 aliphatic heterocycles. The Bertz CT molecular complexity index is 655. The van der Waals surface area contributed by atoms with Crippen LogP contribution in [-0.2, 0) is 13.0 Å². The van der Waals surface area contributed by atoms with Crippen molar-refractivity contribution in [1.82, 2.24) is 15.8 Å². The number of hydrogen-bond acceptors (Lipinski definition) is 3. The van der Waals surface area contributed by atoms with E-state index >= 15 is 0 Å². The molecule has 7 heteroatoms. The van der Waals surface area contributed by atoms with Crippen LogP contribution in [0, 0.1) is 0 Å². The number of benzene rings is 1. The lowest BCUT2D eigenvalue weighted by Crippen LogP contribution is -2.37. The largest absolute Gasteiger partial charge is 0.359 e. The average molecular weight is 477 g/mol. The van der Waals surface area contributed by atoms with Crippen molar-refractivity contribution in [2.24, 2.45) is 4.99 Å². The maximum absolute atomic E-state index is 5.89. The first-order valence-corrected chi connectivity index (χ1v) is 8.60. The Morgan fingerprint density at radius 3 is 2.56 bits per heavy atom. The first-order chi connectivity index (χ1) is 11.6. The number of aliphatic imine (C=N–C) groups is 1. The zero-order valence-electron chi connectivity index (χ0n) is 14.9. The fourth-order valence-electron chi connectivity index (χ4n) is 2.23. The number of hydrogen-bond donors (Lipinski definition) is 2. The van der Waals surface area contributed by atoms with Crippen LogP contribution in [0.2, 0.25) is 5.02 Å². The quantitative estimate of drug-likeness (QED) is 0.270. The maximum Gasteiger partial charge on any atom is 0.191 e. The molecule has 2 aromatic rings. The minimum Gasteiger partial charge on any atom is -0.359 e. The molecule has 0 saturated carbocycles. The lowest BCUT2D eigenvalue weighted by molar-refractivity contribution is 0.372. The predicted octanol–water partition coefficient (Wildman–Crippen LogP) is 4.37. The third-order valence-electron chi connectivity index (χ3n) is 3.67. The van der Waals surface area contributed by atoms with E-state index in [1.54, 1.807) is 7.05 Å². The van der Waals surface area contributed by atoms with E-state index in [4.69, 9.17) is 16.1 Å². The third-order valence-corrected chi connectivity index (χ3v) is 3.92. The van der Waals surface area contributed by atoms with Gasteiger partial charge in [0, 0.05) is 24.7 Å². The Balaban J connectivity index is 0.00000312. The highest BCUT2D eigenvalue weighted by Crippen LogP contribution is 2.13. The molecule has 0 fully saturated rings. The van der Waals surface area contributed by atoms with Gasteiger partial charge in [0.1, 0.15) is 0 Å². The summed E-state index contributed by atoms with van der Waals surface area (Å²) in [5.41, 5.74) is 2.25. The molecule has 0 bridgehead atoms. The van der Waals surface area contributed by atoms with Gasteiger partial charge in [-0.05, 0) is 36.5 Å². The molecular weight excluding hydrogens is 451 g/mol. The summed E-state index contributed by atoms with van der Waals surface area (Å²) in [6.45, 7) is 5.60. The zero-order chi connectivity index (χ0) is 17.4. The van der Waals surface area contributed by atoms with Crippen LogP contribution in [0.25, 0.3) is 0 Å². The molecule has 2 N–H and O–H groups in total. The van der Waals surface area contributed by atoms with Crippen molar-refractivity contribution in [2.75, 3.05) is 13.6 Å². The first-order valence-electron chi connectivity index (χ1n) is 8.23. The third kappa shape index (κ3) is 7.64. The summed E-state index contributed by atoms with van der Waals surface area (Å²) in [6, 6.07) is 9.95. The van der Waals surface area contributed by atoms with E-state index in [0.29, 0.717) is 12.5 Å². The van der Waals surface area contributed by atoms with E-state index < -0.39 is 0 Å². The number of aromatic nitrogens is 1. The number of aryl methyl sites for hydroxylation is 1. The van der Waals surface area contributed by atoms with Gasteiger partial charge in [-0.25, -0.2) is 0 Å². The molecule has 25 heavy (non-hydrogen) atoms. The smallest absolute Gasteiger partial charge is 0.191 e. The van der Waals surface area contributed by atoms with Crippen LogP contribution >= 0.6 is 35.6 Å². The van der Waals surface area contributed by atoms with E-state index in [0.717, 1.165) is 41.8 Å². The van der Waals surface area contributed by atoms with E-state index in [1.165, 1.54) is 5.56 Å². The summed E-state index contributed by atoms with van der Waals surface area (Å²) in [4.78, 5) is 4.22. The fraction of sp³-hybridized carbons (Fsp3) is 0.444. The normalized spacial score (nSPS) is 11.3. The van der Waals surface area contributed by atoms with E-state index in [1.807, 2.05) is 18.2 Å². The van der Waals surface area contributed by atoms with Crippen LogP contribution < -0.4 is 10.6 Å². The lowest BCUT2D eigenvalue weighted by Gasteiger charge is -2.10. The second-order valence-electron chi connectivity index (χ2n) is 5.96. The SMILES string of the molecule is CN=C(NCCCc1ccc(Cl)cc1)NCc1cc(C(C)C)no1.I. The standard InChI is InChI=1S/C18H25ClN4O.HI/c1-13(2)17-11-16(24-23-17)12-22-18(20-3)21-10-4-5-14-6-8-15(19)9-7-14;/h6-9,11,13H,4-5,10,12H2,1-3H3,(H2,20,21,22);1H. The monoisotopic (exact) mass is 476 g/mol. The molecule has 1 aromatic heterocycles. The van der Waals surface area contributed by atoms with Gasteiger partial charge in [-0.15, -0.1) is 24.0 Å². The second kappa shape index (κ2) is 11.4. The van der Waals surface area contributed by atoms with Crippen molar-refractivity contribution in [2.45, 2.75) is 39.2 Å². The Kier molecular flexibility index (Phi) is 9.89. The van der Waals surface area contributed by atoms with Gasteiger partial charge in [0.05, 0.1) is 12.2 Å². The van der Waals surface area contributed by atoms with Crippen molar-refractivity contribution < 1.29 is 4.52 Å². The fourth-order valence-corrected chi connectivity index (χ4v) is 2.35. The molecule has 1 heterocycles. The Morgan fingerprint density at radius 1 is 1.24 bits per heavy atom. The highest BCUT2D eigenvalue weighted by Gasteiger charge is 2.08. The summed E-state index contributed by atoms with van der Waals surface area (Å²) in [5, 5.41) is 11.4. The van der Waals surface area contributed by atoms with Crippen LogP contribution in [0.4, 0.5) is 0 Å². The van der Waals surface area contributed by atoms with Gasteiger partial charge < -0.3 is 15.2 Å². The van der Waals surface area contributed by atoms with Crippen molar-refractivity contribution >= 4 is 41.5 Å². The van der Waals surface area contributed by atoms with Gasteiger partial charge in [-0.3, -0.25) is 4.99 Å². The number of nitrogens with zero attached hydrogens (tertiary/aromatic N) is 2. The van der Waals surface area contributed by atoms with Gasteiger partial charge >= 0.3 is 0 Å². The van der Waals surface area contributed by atoms with Crippen LogP contribution in [0.15, 0.2) is 39.8 Å². The molecular formula is C18H26ClIN4O. The van der Waals surface area contributed by atoms with Crippen molar-refractivity contribution in [1.29, 1.82) is 0 Å². The molecule has 1 aromatic carbocycles. The maximum atomic E-state index is 5.89. The Morgan fingerprint density at radius 2 is 1.96 bits per heavy atom. The minimum atomic E-state index is 0. The summed E-state index contributed by atoms with van der Waals surface area (Å²) >= 11 is 5.89. The highest BCUT2D eigenvalue weighted by molar-refractivity contribution is 14.0. The summed E-state index contributed by atoms with van der Waals surface area (Å²) < 4.78 is 5.31. The number of halogens is 2. The molecule has 0 unspecified atom stereocenters. The molecule has 2 rings (SSSR count). The van der Waals surface area contributed by atoms with Crippen LogP contribution in [-0.4, -0.2) is 24.7 Å². The summed E-state index contributed by atoms with van der Waals surface area (Å²) in [6.07, 6.45) is 2.02. The average Bonchev–Trinajstić information content (AvgIpc) is 3.05. The molecule has 138 valence electrons. The predicted molar refractivity (Wildman–Crippen MR) is 114 cm³/mol. The molecule has 0 atom stereocenters. The number of rotatable bonds is 7. The van der Waals surface area contributed by atoms with E-state index in [2.05, 4.69) is 46.8 Å². The van der Waals surface area contributed by atoms with Crippen LogP contribution in [0.5, 0.6) is 0 Å². The summed E-state index contributed by atoms with van der Waals surface area (Å²) in [7, 11) is 1.76. The van der Waals surface area contributed by atoms with Gasteiger partial charge in [0.25, 0.3) is 0 Å². The van der Waals surface area contributed by atoms with Gasteiger partial charge in [-0.2, -0.15) is 0 Å².